The Morgan fingerprint density at radius 3 is 2.21 bits per heavy atom. The van der Waals surface area contributed by atoms with Crippen molar-refractivity contribution < 1.29 is 19.8 Å². The van der Waals surface area contributed by atoms with Crippen molar-refractivity contribution in [3.8, 4) is 0 Å². The monoisotopic (exact) mass is 264 g/mol. The van der Waals surface area contributed by atoms with Crippen LogP contribution in [0.1, 0.15) is 44.6 Å². The van der Waals surface area contributed by atoms with Crippen molar-refractivity contribution in [2.75, 3.05) is 0 Å². The van der Waals surface area contributed by atoms with Gasteiger partial charge in [0, 0.05) is 6.42 Å². The molecule has 0 saturated carbocycles. The summed E-state index contributed by atoms with van der Waals surface area (Å²) < 4.78 is 0. The van der Waals surface area contributed by atoms with Crippen LogP contribution in [0.4, 0.5) is 0 Å². The lowest BCUT2D eigenvalue weighted by Gasteiger charge is -2.25. The van der Waals surface area contributed by atoms with Crippen LogP contribution in [0.5, 0.6) is 0 Å². The molecule has 1 unspecified atom stereocenters. The standard InChI is InChI=1S/C15H20O4/c1-15(14(18)19,12-8-4-2-5-9-12)11-7-3-6-10-13(16)17/h2,4-5,8-9H,3,6-7,10-11H2,1H3,(H,16,17)(H,18,19). The van der Waals surface area contributed by atoms with Gasteiger partial charge in [-0.25, -0.2) is 0 Å². The molecule has 0 aliphatic rings. The molecule has 1 aromatic rings. The van der Waals surface area contributed by atoms with Crippen molar-refractivity contribution in [2.45, 2.75) is 44.4 Å². The molecule has 1 aromatic carbocycles. The zero-order valence-electron chi connectivity index (χ0n) is 11.1. The van der Waals surface area contributed by atoms with E-state index in [4.69, 9.17) is 5.11 Å². The lowest BCUT2D eigenvalue weighted by atomic mass is 9.78. The number of carboxylic acid groups (broad SMARTS) is 2. The summed E-state index contributed by atoms with van der Waals surface area (Å²) in [6.07, 6.45) is 2.72. The minimum absolute atomic E-state index is 0.148. The molecule has 0 aliphatic carbocycles. The van der Waals surface area contributed by atoms with E-state index in [9.17, 15) is 14.7 Å². The van der Waals surface area contributed by atoms with Gasteiger partial charge in [-0.2, -0.15) is 0 Å². The third kappa shape index (κ3) is 4.39. The van der Waals surface area contributed by atoms with Crippen molar-refractivity contribution in [3.05, 3.63) is 35.9 Å². The molecule has 1 atom stereocenters. The third-order valence-corrected chi connectivity index (χ3v) is 3.45. The number of aliphatic carboxylic acids is 2. The van der Waals surface area contributed by atoms with Crippen LogP contribution in [-0.4, -0.2) is 22.2 Å². The fraction of sp³-hybridized carbons (Fsp3) is 0.467. The second-order valence-corrected chi connectivity index (χ2v) is 4.96. The van der Waals surface area contributed by atoms with E-state index in [-0.39, 0.29) is 6.42 Å². The predicted octanol–water partition coefficient (Wildman–Crippen LogP) is 3.06. The molecule has 0 saturated heterocycles. The van der Waals surface area contributed by atoms with Gasteiger partial charge >= 0.3 is 11.9 Å². The summed E-state index contributed by atoms with van der Waals surface area (Å²) >= 11 is 0. The first-order valence-corrected chi connectivity index (χ1v) is 6.47. The van der Waals surface area contributed by atoms with Crippen LogP contribution in [0.3, 0.4) is 0 Å². The normalized spacial score (nSPS) is 13.7. The Morgan fingerprint density at radius 2 is 1.68 bits per heavy atom. The van der Waals surface area contributed by atoms with Crippen LogP contribution >= 0.6 is 0 Å². The minimum atomic E-state index is -0.898. The molecule has 0 spiro atoms. The number of rotatable bonds is 8. The maximum Gasteiger partial charge on any atom is 0.313 e. The van der Waals surface area contributed by atoms with E-state index in [2.05, 4.69) is 0 Å². The number of hydrogen-bond acceptors (Lipinski definition) is 2. The average Bonchev–Trinajstić information content (AvgIpc) is 2.38. The molecule has 0 fully saturated rings. The van der Waals surface area contributed by atoms with E-state index < -0.39 is 17.4 Å². The summed E-state index contributed by atoms with van der Waals surface area (Å²) in [6.45, 7) is 1.72. The highest BCUT2D eigenvalue weighted by atomic mass is 16.4. The molecule has 1 rings (SSSR count). The lowest BCUT2D eigenvalue weighted by Crippen LogP contribution is -2.32. The highest BCUT2D eigenvalue weighted by molar-refractivity contribution is 5.80. The Bertz CT molecular complexity index is 427. The van der Waals surface area contributed by atoms with Crippen molar-refractivity contribution in [1.29, 1.82) is 0 Å². The van der Waals surface area contributed by atoms with Gasteiger partial charge in [-0.15, -0.1) is 0 Å². The molecule has 2 N–H and O–H groups in total. The summed E-state index contributed by atoms with van der Waals surface area (Å²) in [5, 5.41) is 18.0. The van der Waals surface area contributed by atoms with Crippen molar-refractivity contribution in [1.82, 2.24) is 0 Å². The van der Waals surface area contributed by atoms with Crippen LogP contribution < -0.4 is 0 Å². The van der Waals surface area contributed by atoms with E-state index >= 15 is 0 Å². The number of carboxylic acids is 2. The van der Waals surface area contributed by atoms with Gasteiger partial charge in [0.25, 0.3) is 0 Å². The Hall–Kier alpha value is -1.84. The van der Waals surface area contributed by atoms with E-state index in [1.165, 1.54) is 0 Å². The van der Waals surface area contributed by atoms with Gasteiger partial charge in [0.15, 0.2) is 0 Å². The SMILES string of the molecule is CC(CCCCCC(=O)O)(C(=O)O)c1ccccc1. The zero-order valence-corrected chi connectivity index (χ0v) is 11.1. The summed E-state index contributed by atoms with van der Waals surface area (Å²) in [5.74, 6) is -1.64. The number of hydrogen-bond donors (Lipinski definition) is 2. The Balaban J connectivity index is 2.59. The molecular weight excluding hydrogens is 244 g/mol. The lowest BCUT2D eigenvalue weighted by molar-refractivity contribution is -0.143. The van der Waals surface area contributed by atoms with Gasteiger partial charge < -0.3 is 10.2 Å². The largest absolute Gasteiger partial charge is 0.481 e. The van der Waals surface area contributed by atoms with Gasteiger partial charge in [-0.3, -0.25) is 9.59 Å². The van der Waals surface area contributed by atoms with Crippen molar-refractivity contribution >= 4 is 11.9 Å². The minimum Gasteiger partial charge on any atom is -0.481 e. The molecule has 0 bridgehead atoms. The molecule has 0 amide bonds. The predicted molar refractivity (Wildman–Crippen MR) is 72.2 cm³/mol. The van der Waals surface area contributed by atoms with Gasteiger partial charge in [-0.1, -0.05) is 43.2 Å². The zero-order chi connectivity index (χ0) is 14.3. The van der Waals surface area contributed by atoms with Crippen molar-refractivity contribution in [2.24, 2.45) is 0 Å². The molecular formula is C15H20O4. The van der Waals surface area contributed by atoms with E-state index in [1.807, 2.05) is 30.3 Å². The number of carbonyl (C=O) groups is 2. The van der Waals surface area contributed by atoms with E-state index in [0.29, 0.717) is 19.3 Å². The maximum absolute atomic E-state index is 11.5. The van der Waals surface area contributed by atoms with Gasteiger partial charge in [0.05, 0.1) is 5.41 Å². The van der Waals surface area contributed by atoms with E-state index in [1.54, 1.807) is 6.92 Å². The van der Waals surface area contributed by atoms with E-state index in [0.717, 1.165) is 12.0 Å². The number of benzene rings is 1. The molecule has 0 heterocycles. The summed E-state index contributed by atoms with van der Waals surface area (Å²) in [6, 6.07) is 9.18. The summed E-state index contributed by atoms with van der Waals surface area (Å²) in [5.41, 5.74) is -0.106. The van der Waals surface area contributed by atoms with Crippen molar-refractivity contribution in [3.63, 3.8) is 0 Å². The van der Waals surface area contributed by atoms with Crippen LogP contribution in [0.2, 0.25) is 0 Å². The Kier molecular flexibility index (Phi) is 5.55. The fourth-order valence-electron chi connectivity index (χ4n) is 2.11. The molecule has 0 aliphatic heterocycles. The highest BCUT2D eigenvalue weighted by Gasteiger charge is 2.34. The van der Waals surface area contributed by atoms with Crippen LogP contribution in [-0.2, 0) is 15.0 Å². The first-order valence-electron chi connectivity index (χ1n) is 6.47. The van der Waals surface area contributed by atoms with Gasteiger partial charge in [-0.05, 0) is 25.3 Å². The molecule has 4 heteroatoms. The molecule has 0 radical (unpaired) electrons. The quantitative estimate of drug-likeness (QED) is 0.708. The molecule has 104 valence electrons. The number of unbranched alkanes of at least 4 members (excludes halogenated alkanes) is 2. The first-order chi connectivity index (χ1) is 8.97. The van der Waals surface area contributed by atoms with Gasteiger partial charge in [0.2, 0.25) is 0 Å². The topological polar surface area (TPSA) is 74.6 Å². The van der Waals surface area contributed by atoms with Gasteiger partial charge in [0.1, 0.15) is 0 Å². The average molecular weight is 264 g/mol. The molecule has 4 nitrogen and oxygen atoms in total. The summed E-state index contributed by atoms with van der Waals surface area (Å²) in [7, 11) is 0. The molecule has 0 aromatic heterocycles. The smallest absolute Gasteiger partial charge is 0.313 e. The Morgan fingerprint density at radius 1 is 1.05 bits per heavy atom. The van der Waals surface area contributed by atoms with Crippen LogP contribution in [0, 0.1) is 0 Å². The maximum atomic E-state index is 11.5. The molecule has 19 heavy (non-hydrogen) atoms. The second-order valence-electron chi connectivity index (χ2n) is 4.96. The fourth-order valence-corrected chi connectivity index (χ4v) is 2.11. The highest BCUT2D eigenvalue weighted by Crippen LogP contribution is 2.30. The third-order valence-electron chi connectivity index (χ3n) is 3.45. The van der Waals surface area contributed by atoms with Crippen LogP contribution in [0.25, 0.3) is 0 Å². The second kappa shape index (κ2) is 6.92. The van der Waals surface area contributed by atoms with Crippen LogP contribution in [0.15, 0.2) is 30.3 Å². The first kappa shape index (κ1) is 15.2. The summed E-state index contributed by atoms with van der Waals surface area (Å²) in [4.78, 5) is 21.9. The Labute approximate surface area is 113 Å².